The number of rotatable bonds is 6. The molecular formula is C11H20N2O2. The van der Waals surface area contributed by atoms with E-state index in [9.17, 15) is 0 Å². The second-order valence-electron chi connectivity index (χ2n) is 3.65. The van der Waals surface area contributed by atoms with E-state index in [0.29, 0.717) is 6.54 Å². The van der Waals surface area contributed by atoms with Crippen LogP contribution in [0.5, 0.6) is 0 Å². The third-order valence-corrected chi connectivity index (χ3v) is 2.23. The van der Waals surface area contributed by atoms with Crippen molar-refractivity contribution in [1.29, 1.82) is 0 Å². The van der Waals surface area contributed by atoms with Gasteiger partial charge in [-0.25, -0.2) is 4.98 Å². The van der Waals surface area contributed by atoms with E-state index in [0.717, 1.165) is 30.5 Å². The number of nitrogens with one attached hydrogen (secondary N) is 1. The molecule has 0 radical (unpaired) electrons. The number of ether oxygens (including phenoxy) is 1. The molecule has 1 aromatic heterocycles. The fourth-order valence-electron chi connectivity index (χ4n) is 1.34. The van der Waals surface area contributed by atoms with E-state index in [1.807, 2.05) is 27.7 Å². The maximum absolute atomic E-state index is 5.44. The highest BCUT2D eigenvalue weighted by molar-refractivity contribution is 5.05. The van der Waals surface area contributed by atoms with Crippen molar-refractivity contribution >= 4 is 0 Å². The molecule has 0 saturated heterocycles. The lowest BCUT2D eigenvalue weighted by atomic mass is 10.4. The fraction of sp³-hybridized carbons (Fsp3) is 0.727. The Labute approximate surface area is 91.0 Å². The Morgan fingerprint density at radius 3 is 2.73 bits per heavy atom. The Hall–Kier alpha value is -0.870. The van der Waals surface area contributed by atoms with Gasteiger partial charge in [-0.3, -0.25) is 0 Å². The van der Waals surface area contributed by atoms with Crippen LogP contribution in [0.3, 0.4) is 0 Å². The van der Waals surface area contributed by atoms with Gasteiger partial charge in [-0.1, -0.05) is 0 Å². The molecule has 4 heteroatoms. The molecule has 0 aliphatic rings. The zero-order chi connectivity index (χ0) is 11.3. The normalized spacial score (nSPS) is 13.1. The van der Waals surface area contributed by atoms with Crippen LogP contribution in [0, 0.1) is 13.8 Å². The molecule has 1 heterocycles. The van der Waals surface area contributed by atoms with Crippen LogP contribution >= 0.6 is 0 Å². The topological polar surface area (TPSA) is 47.3 Å². The molecule has 0 fully saturated rings. The minimum absolute atomic E-state index is 0.229. The molecule has 1 atom stereocenters. The quantitative estimate of drug-likeness (QED) is 0.781. The number of hydrogen-bond donors (Lipinski definition) is 1. The molecule has 1 unspecified atom stereocenters. The molecule has 0 saturated carbocycles. The van der Waals surface area contributed by atoms with E-state index < -0.39 is 0 Å². The number of aryl methyl sites for hydroxylation is 2. The lowest BCUT2D eigenvalue weighted by molar-refractivity contribution is 0.0755. The van der Waals surface area contributed by atoms with Crippen LogP contribution in [0.1, 0.15) is 31.2 Å². The van der Waals surface area contributed by atoms with Gasteiger partial charge in [-0.2, -0.15) is 0 Å². The second kappa shape index (κ2) is 5.88. The number of hydrogen-bond acceptors (Lipinski definition) is 4. The summed E-state index contributed by atoms with van der Waals surface area (Å²) in [5.41, 5.74) is 0.963. The molecule has 0 amide bonds. The van der Waals surface area contributed by atoms with Crippen LogP contribution in [0.4, 0.5) is 0 Å². The van der Waals surface area contributed by atoms with Gasteiger partial charge in [0, 0.05) is 13.2 Å². The van der Waals surface area contributed by atoms with Crippen LogP contribution < -0.4 is 5.32 Å². The number of aromatic nitrogens is 1. The lowest BCUT2D eigenvalue weighted by Crippen LogP contribution is -2.26. The monoisotopic (exact) mass is 212 g/mol. The molecule has 0 aromatic carbocycles. The maximum Gasteiger partial charge on any atom is 0.208 e. The van der Waals surface area contributed by atoms with Crippen molar-refractivity contribution in [1.82, 2.24) is 10.3 Å². The third-order valence-electron chi connectivity index (χ3n) is 2.23. The molecule has 0 aliphatic carbocycles. The highest BCUT2D eigenvalue weighted by atomic mass is 16.5. The Bertz CT molecular complexity index is 277. The van der Waals surface area contributed by atoms with Crippen molar-refractivity contribution in [3.05, 3.63) is 17.3 Å². The predicted octanol–water partition coefficient (Wildman–Crippen LogP) is 1.81. The third kappa shape index (κ3) is 4.01. The first-order chi connectivity index (χ1) is 7.13. The van der Waals surface area contributed by atoms with Gasteiger partial charge in [0.25, 0.3) is 0 Å². The summed E-state index contributed by atoms with van der Waals surface area (Å²) >= 11 is 0. The van der Waals surface area contributed by atoms with Gasteiger partial charge >= 0.3 is 0 Å². The Morgan fingerprint density at radius 1 is 1.47 bits per heavy atom. The molecule has 1 aromatic rings. The highest BCUT2D eigenvalue weighted by Gasteiger charge is 2.05. The van der Waals surface area contributed by atoms with Crippen LogP contribution in [0.25, 0.3) is 0 Å². The van der Waals surface area contributed by atoms with Gasteiger partial charge in [0.1, 0.15) is 5.76 Å². The van der Waals surface area contributed by atoms with Gasteiger partial charge < -0.3 is 14.5 Å². The summed E-state index contributed by atoms with van der Waals surface area (Å²) in [5, 5.41) is 3.25. The Morgan fingerprint density at radius 2 is 2.20 bits per heavy atom. The molecule has 0 bridgehead atoms. The van der Waals surface area contributed by atoms with Crippen molar-refractivity contribution < 1.29 is 9.15 Å². The Kier molecular flexibility index (Phi) is 4.78. The van der Waals surface area contributed by atoms with E-state index in [-0.39, 0.29) is 6.10 Å². The largest absolute Gasteiger partial charge is 0.444 e. The zero-order valence-corrected chi connectivity index (χ0v) is 9.96. The molecule has 86 valence electrons. The van der Waals surface area contributed by atoms with Crippen molar-refractivity contribution in [3.8, 4) is 0 Å². The average molecular weight is 212 g/mol. The fourth-order valence-corrected chi connectivity index (χ4v) is 1.34. The van der Waals surface area contributed by atoms with E-state index in [4.69, 9.17) is 9.15 Å². The first-order valence-electron chi connectivity index (χ1n) is 5.38. The smallest absolute Gasteiger partial charge is 0.208 e. The molecule has 1 N–H and O–H groups in total. The van der Waals surface area contributed by atoms with Crippen LogP contribution in [-0.2, 0) is 11.3 Å². The lowest BCUT2D eigenvalue weighted by Gasteiger charge is -2.11. The second-order valence-corrected chi connectivity index (χ2v) is 3.65. The number of nitrogens with zero attached hydrogens (tertiary/aromatic N) is 1. The summed E-state index contributed by atoms with van der Waals surface area (Å²) in [4.78, 5) is 4.28. The van der Waals surface area contributed by atoms with E-state index in [2.05, 4.69) is 10.3 Å². The standard InChI is InChI=1S/C11H20N2O2/c1-5-14-8(2)6-12-7-11-13-9(3)10(4)15-11/h8,12H,5-7H2,1-4H3. The van der Waals surface area contributed by atoms with Crippen molar-refractivity contribution in [2.24, 2.45) is 0 Å². The summed E-state index contributed by atoms with van der Waals surface area (Å²) in [6.45, 7) is 10.1. The summed E-state index contributed by atoms with van der Waals surface area (Å²) in [7, 11) is 0. The number of oxazole rings is 1. The molecule has 1 rings (SSSR count). The molecule has 0 spiro atoms. The average Bonchev–Trinajstić information content (AvgIpc) is 2.46. The van der Waals surface area contributed by atoms with Crippen LogP contribution in [-0.4, -0.2) is 24.2 Å². The zero-order valence-electron chi connectivity index (χ0n) is 9.96. The van der Waals surface area contributed by atoms with Gasteiger partial charge in [-0.05, 0) is 27.7 Å². The van der Waals surface area contributed by atoms with Crippen molar-refractivity contribution in [2.75, 3.05) is 13.2 Å². The first kappa shape index (κ1) is 12.2. The van der Waals surface area contributed by atoms with E-state index in [1.54, 1.807) is 0 Å². The minimum atomic E-state index is 0.229. The van der Waals surface area contributed by atoms with E-state index in [1.165, 1.54) is 0 Å². The summed E-state index contributed by atoms with van der Waals surface area (Å²) in [6.07, 6.45) is 0.229. The molecule has 15 heavy (non-hydrogen) atoms. The van der Waals surface area contributed by atoms with Crippen molar-refractivity contribution in [2.45, 2.75) is 40.3 Å². The molecule has 0 aliphatic heterocycles. The van der Waals surface area contributed by atoms with Gasteiger partial charge in [0.2, 0.25) is 5.89 Å². The maximum atomic E-state index is 5.44. The van der Waals surface area contributed by atoms with Crippen LogP contribution in [0.15, 0.2) is 4.42 Å². The van der Waals surface area contributed by atoms with Gasteiger partial charge in [0.15, 0.2) is 0 Å². The summed E-state index contributed by atoms with van der Waals surface area (Å²) < 4.78 is 10.8. The minimum Gasteiger partial charge on any atom is -0.444 e. The van der Waals surface area contributed by atoms with Crippen LogP contribution in [0.2, 0.25) is 0 Å². The molecular weight excluding hydrogens is 192 g/mol. The SMILES string of the molecule is CCOC(C)CNCc1nc(C)c(C)o1. The first-order valence-corrected chi connectivity index (χ1v) is 5.38. The van der Waals surface area contributed by atoms with Gasteiger partial charge in [0.05, 0.1) is 18.3 Å². The van der Waals surface area contributed by atoms with Crippen molar-refractivity contribution in [3.63, 3.8) is 0 Å². The van der Waals surface area contributed by atoms with Gasteiger partial charge in [-0.15, -0.1) is 0 Å². The Balaban J connectivity index is 2.25. The summed E-state index contributed by atoms with van der Waals surface area (Å²) in [6, 6.07) is 0. The highest BCUT2D eigenvalue weighted by Crippen LogP contribution is 2.07. The van der Waals surface area contributed by atoms with E-state index >= 15 is 0 Å². The predicted molar refractivity (Wildman–Crippen MR) is 58.8 cm³/mol. The molecule has 4 nitrogen and oxygen atoms in total. The summed E-state index contributed by atoms with van der Waals surface area (Å²) in [5.74, 6) is 1.64.